The van der Waals surface area contributed by atoms with E-state index in [0.29, 0.717) is 32.6 Å². The third-order valence-corrected chi connectivity index (χ3v) is 10.5. The molecule has 6 heteroatoms. The number of β-amino-alcohol motifs (C(OH)–C–C–N with tert-alkyl or cyclic N) is 1. The number of morpholine rings is 1. The van der Waals surface area contributed by atoms with Crippen molar-refractivity contribution in [2.45, 2.75) is 83.3 Å². The fraction of sp³-hybridized carbons (Fsp3) is 0.594. The predicted molar refractivity (Wildman–Crippen MR) is 153 cm³/mol. The molecule has 2 bridgehead atoms. The number of aryl methyl sites for hydroxylation is 1. The van der Waals surface area contributed by atoms with Crippen molar-refractivity contribution >= 4 is 17.1 Å². The van der Waals surface area contributed by atoms with E-state index in [9.17, 15) is 15.0 Å². The Morgan fingerprint density at radius 3 is 2.66 bits per heavy atom. The van der Waals surface area contributed by atoms with Crippen LogP contribution in [-0.2, 0) is 11.2 Å². The van der Waals surface area contributed by atoms with Crippen LogP contribution in [0.5, 0.6) is 0 Å². The minimum atomic E-state index is -0.845. The highest BCUT2D eigenvalue weighted by atomic mass is 32.1. The highest BCUT2D eigenvalue weighted by Gasteiger charge is 2.57. The van der Waals surface area contributed by atoms with Crippen LogP contribution in [0.15, 0.2) is 42.0 Å². The quantitative estimate of drug-likeness (QED) is 0.389. The molecule has 4 atom stereocenters. The maximum absolute atomic E-state index is 14.0. The van der Waals surface area contributed by atoms with Crippen LogP contribution in [0.3, 0.4) is 0 Å². The van der Waals surface area contributed by atoms with Gasteiger partial charge in [0.2, 0.25) is 5.78 Å². The Hall–Kier alpha value is -1.83. The second kappa shape index (κ2) is 11.3. The lowest BCUT2D eigenvalue weighted by molar-refractivity contribution is -0.0959. The molecule has 3 aliphatic carbocycles. The van der Waals surface area contributed by atoms with Gasteiger partial charge in [0, 0.05) is 35.5 Å². The summed E-state index contributed by atoms with van der Waals surface area (Å²) < 4.78 is 5.58. The van der Waals surface area contributed by atoms with Crippen molar-refractivity contribution in [2.24, 2.45) is 5.41 Å². The first-order chi connectivity index (χ1) is 18.2. The summed E-state index contributed by atoms with van der Waals surface area (Å²) in [4.78, 5) is 18.2. The Balaban J connectivity index is 1.59. The molecule has 2 aromatic rings. The summed E-state index contributed by atoms with van der Waals surface area (Å²) >= 11 is 1.54. The number of hydrogen-bond acceptors (Lipinski definition) is 6. The van der Waals surface area contributed by atoms with Crippen molar-refractivity contribution in [3.05, 3.63) is 68.4 Å². The van der Waals surface area contributed by atoms with E-state index in [1.165, 1.54) is 16.9 Å². The van der Waals surface area contributed by atoms with Gasteiger partial charge in [-0.2, -0.15) is 0 Å². The molecule has 1 saturated carbocycles. The van der Waals surface area contributed by atoms with Crippen molar-refractivity contribution in [1.29, 1.82) is 0 Å². The number of aliphatic hydroxyl groups excluding tert-OH is 1. The maximum atomic E-state index is 14.0. The molecule has 2 N–H and O–H groups in total. The molecule has 206 valence electrons. The third kappa shape index (κ3) is 5.57. The van der Waals surface area contributed by atoms with E-state index >= 15 is 0 Å². The fourth-order valence-electron chi connectivity index (χ4n) is 7.02. The molecule has 5 nitrogen and oxygen atoms in total. The molecule has 0 amide bonds. The lowest BCUT2D eigenvalue weighted by Crippen LogP contribution is -2.54. The van der Waals surface area contributed by atoms with Gasteiger partial charge in [-0.3, -0.25) is 9.69 Å². The van der Waals surface area contributed by atoms with E-state index in [-0.39, 0.29) is 17.1 Å². The molecule has 1 aromatic heterocycles. The van der Waals surface area contributed by atoms with Crippen molar-refractivity contribution in [3.63, 3.8) is 0 Å². The van der Waals surface area contributed by atoms with Crippen LogP contribution in [0.2, 0.25) is 0 Å². The number of hydrogen-bond donors (Lipinski definition) is 2. The van der Waals surface area contributed by atoms with E-state index in [0.717, 1.165) is 71.6 Å². The third-order valence-electron chi connectivity index (χ3n) is 9.47. The number of allylic oxidation sites excluding steroid dienone is 2. The summed E-state index contributed by atoms with van der Waals surface area (Å²) in [6.07, 6.45) is 7.28. The van der Waals surface area contributed by atoms with E-state index in [4.69, 9.17) is 4.74 Å². The summed E-state index contributed by atoms with van der Waals surface area (Å²) in [7, 11) is 0. The van der Waals surface area contributed by atoms with Crippen LogP contribution in [-0.4, -0.2) is 65.4 Å². The Labute approximate surface area is 231 Å². The van der Waals surface area contributed by atoms with E-state index < -0.39 is 11.7 Å². The van der Waals surface area contributed by atoms with E-state index in [1.807, 2.05) is 25.1 Å². The van der Waals surface area contributed by atoms with Crippen molar-refractivity contribution in [2.75, 3.05) is 32.8 Å². The molecule has 4 aliphatic rings. The first kappa shape index (κ1) is 27.7. The molecular weight excluding hydrogens is 494 g/mol. The SMILES string of the molecule is CC1=CCCC2(C)C(CCC2(O)CN2CCOCC2)c2ccc(cc2C(=O)c2ccc(C)s2)CC(O)CC1. The number of fused-ring (bicyclic) bond motifs is 8. The number of thiophene rings is 1. The average molecular weight is 538 g/mol. The van der Waals surface area contributed by atoms with Crippen LogP contribution >= 0.6 is 11.3 Å². The van der Waals surface area contributed by atoms with Crippen molar-refractivity contribution in [3.8, 4) is 0 Å². The van der Waals surface area contributed by atoms with Crippen LogP contribution in [0.1, 0.15) is 89.5 Å². The van der Waals surface area contributed by atoms with Crippen LogP contribution < -0.4 is 0 Å². The monoisotopic (exact) mass is 537 g/mol. The zero-order chi connectivity index (χ0) is 26.9. The number of aliphatic hydroxyl groups is 2. The number of carbonyl (C=O) groups is 1. The number of ketones is 1. The first-order valence-electron chi connectivity index (χ1n) is 14.3. The normalized spacial score (nSPS) is 31.0. The second-order valence-corrected chi connectivity index (χ2v) is 13.4. The molecule has 38 heavy (non-hydrogen) atoms. The lowest BCUT2D eigenvalue weighted by Gasteiger charge is -2.46. The molecule has 0 spiro atoms. The van der Waals surface area contributed by atoms with Crippen molar-refractivity contribution in [1.82, 2.24) is 4.90 Å². The lowest BCUT2D eigenvalue weighted by atomic mass is 9.64. The minimum absolute atomic E-state index is 0.0586. The van der Waals surface area contributed by atoms with Gasteiger partial charge in [-0.05, 0) is 94.0 Å². The Morgan fingerprint density at radius 1 is 1.13 bits per heavy atom. The number of carbonyl (C=O) groups excluding carboxylic acids is 1. The van der Waals surface area contributed by atoms with Gasteiger partial charge in [-0.15, -0.1) is 11.3 Å². The topological polar surface area (TPSA) is 70.0 Å². The molecule has 2 heterocycles. The fourth-order valence-corrected chi connectivity index (χ4v) is 7.84. The van der Waals surface area contributed by atoms with Crippen LogP contribution in [0.4, 0.5) is 0 Å². The summed E-state index contributed by atoms with van der Waals surface area (Å²) in [6.45, 7) is 10.2. The van der Waals surface area contributed by atoms with Gasteiger partial charge in [0.05, 0.1) is 29.8 Å². The minimum Gasteiger partial charge on any atom is -0.393 e. The molecule has 6 rings (SSSR count). The molecule has 1 saturated heterocycles. The Kier molecular flexibility index (Phi) is 8.28. The standard InChI is InChI=1S/C32H43NO4S/c1-22-5-4-13-31(3)28(12-14-32(31,36)21-33-15-17-37-18-16-33)26-10-8-24(19-25(34)9-6-22)20-27(26)30(35)29-11-7-23(2)38-29/h5,7-8,10-11,20,25,28,34,36H,4,6,9,12-19,21H2,1-3H3. The zero-order valence-electron chi connectivity index (χ0n) is 23.2. The predicted octanol–water partition coefficient (Wildman–Crippen LogP) is 5.66. The number of rotatable bonds is 4. The molecular formula is C32H43NO4S. The highest BCUT2D eigenvalue weighted by Crippen LogP contribution is 2.59. The van der Waals surface area contributed by atoms with Gasteiger partial charge >= 0.3 is 0 Å². The van der Waals surface area contributed by atoms with Gasteiger partial charge in [-0.1, -0.05) is 30.7 Å². The van der Waals surface area contributed by atoms with Gasteiger partial charge in [0.15, 0.2) is 0 Å². The zero-order valence-corrected chi connectivity index (χ0v) is 24.0. The summed E-state index contributed by atoms with van der Waals surface area (Å²) in [5.74, 6) is 0.132. The van der Waals surface area contributed by atoms with E-state index in [2.05, 4.69) is 37.0 Å². The van der Waals surface area contributed by atoms with Crippen molar-refractivity contribution < 1.29 is 19.7 Å². The van der Waals surface area contributed by atoms with Gasteiger partial charge in [-0.25, -0.2) is 0 Å². The van der Waals surface area contributed by atoms with Crippen LogP contribution in [0, 0.1) is 12.3 Å². The van der Waals surface area contributed by atoms with E-state index in [1.54, 1.807) is 0 Å². The number of benzene rings is 1. The van der Waals surface area contributed by atoms with Crippen LogP contribution in [0.25, 0.3) is 0 Å². The van der Waals surface area contributed by atoms with Gasteiger partial charge in [0.1, 0.15) is 0 Å². The Morgan fingerprint density at radius 2 is 1.92 bits per heavy atom. The highest BCUT2D eigenvalue weighted by molar-refractivity contribution is 7.14. The first-order valence-corrected chi connectivity index (χ1v) is 15.1. The maximum Gasteiger partial charge on any atom is 0.203 e. The largest absolute Gasteiger partial charge is 0.393 e. The summed E-state index contributed by atoms with van der Waals surface area (Å²) in [5.41, 5.74) is 2.87. The molecule has 1 aliphatic heterocycles. The van der Waals surface area contributed by atoms with Gasteiger partial charge in [0.25, 0.3) is 0 Å². The molecule has 4 unspecified atom stereocenters. The summed E-state index contributed by atoms with van der Waals surface area (Å²) in [5, 5.41) is 23.2. The van der Waals surface area contributed by atoms with Gasteiger partial charge < -0.3 is 14.9 Å². The average Bonchev–Trinajstić information content (AvgIpc) is 3.43. The smallest absolute Gasteiger partial charge is 0.203 e. The number of nitrogens with zero attached hydrogens (tertiary/aromatic N) is 1. The molecule has 2 fully saturated rings. The second-order valence-electron chi connectivity index (χ2n) is 12.1. The Bertz CT molecular complexity index is 1180. The number of ether oxygens (including phenoxy) is 1. The summed E-state index contributed by atoms with van der Waals surface area (Å²) in [6, 6.07) is 10.2. The molecule has 1 aromatic carbocycles. The molecule has 0 radical (unpaired) electrons.